The zero-order valence-electron chi connectivity index (χ0n) is 24.6. The quantitative estimate of drug-likeness (QED) is 0.211. The van der Waals surface area contributed by atoms with E-state index in [4.69, 9.17) is 18.9 Å². The van der Waals surface area contributed by atoms with Crippen molar-refractivity contribution in [2.24, 2.45) is 0 Å². The lowest BCUT2D eigenvalue weighted by atomic mass is 9.66. The molecule has 0 amide bonds. The van der Waals surface area contributed by atoms with Crippen LogP contribution in [0, 0.1) is 11.8 Å². The summed E-state index contributed by atoms with van der Waals surface area (Å²) in [5.41, 5.74) is 7.90. The molecule has 0 saturated heterocycles. The minimum atomic E-state index is -0.785. The van der Waals surface area contributed by atoms with E-state index in [-0.39, 0.29) is 6.61 Å². The Morgan fingerprint density at radius 1 is 0.558 bits per heavy atom. The molecule has 0 aliphatic heterocycles. The maximum Gasteiger partial charge on any atom is 0.119 e. The highest BCUT2D eigenvalue weighted by Gasteiger charge is 2.48. The predicted molar refractivity (Wildman–Crippen MR) is 168 cm³/mol. The van der Waals surface area contributed by atoms with Crippen LogP contribution in [-0.4, -0.2) is 33.5 Å². The van der Waals surface area contributed by atoms with E-state index in [1.165, 1.54) is 0 Å². The van der Waals surface area contributed by atoms with Crippen molar-refractivity contribution in [2.45, 2.75) is 12.0 Å². The summed E-state index contributed by atoms with van der Waals surface area (Å²) in [5.74, 6) is 9.91. The third kappa shape index (κ3) is 4.67. The first kappa shape index (κ1) is 28.0. The Labute approximate surface area is 252 Å². The number of benzene rings is 5. The van der Waals surface area contributed by atoms with Gasteiger partial charge in [0, 0.05) is 11.1 Å². The van der Waals surface area contributed by atoms with E-state index >= 15 is 0 Å². The Morgan fingerprint density at radius 2 is 1.05 bits per heavy atom. The summed E-state index contributed by atoms with van der Waals surface area (Å²) < 4.78 is 22.2. The average Bonchev–Trinajstić information content (AvgIpc) is 3.37. The highest BCUT2D eigenvalue weighted by atomic mass is 16.5. The van der Waals surface area contributed by atoms with Gasteiger partial charge in [-0.1, -0.05) is 54.3 Å². The van der Waals surface area contributed by atoms with E-state index in [1.54, 1.807) is 28.4 Å². The Balaban J connectivity index is 1.73. The zero-order chi connectivity index (χ0) is 30.0. The van der Waals surface area contributed by atoms with Crippen LogP contribution in [0.15, 0.2) is 103 Å². The highest BCUT2D eigenvalue weighted by Crippen LogP contribution is 2.58. The molecule has 214 valence electrons. The molecule has 1 aliphatic rings. The fraction of sp³-hybridized carbons (Fsp3) is 0.158. The van der Waals surface area contributed by atoms with Crippen LogP contribution < -0.4 is 18.9 Å². The van der Waals surface area contributed by atoms with Crippen molar-refractivity contribution in [3.8, 4) is 46.0 Å². The molecule has 5 nitrogen and oxygen atoms in total. The molecule has 5 aromatic rings. The first-order valence-electron chi connectivity index (χ1n) is 14.0. The van der Waals surface area contributed by atoms with E-state index < -0.39 is 5.41 Å². The molecule has 6 rings (SSSR count). The van der Waals surface area contributed by atoms with Gasteiger partial charge in [0.2, 0.25) is 0 Å². The average molecular weight is 569 g/mol. The van der Waals surface area contributed by atoms with Crippen molar-refractivity contribution < 1.29 is 24.1 Å². The van der Waals surface area contributed by atoms with Crippen LogP contribution in [0.25, 0.3) is 11.1 Å². The number of ether oxygens (including phenoxy) is 4. The standard InChI is InChI=1S/C38H32O5/c1-40-29-13-5-25(6-14-29)7-20-33-26(24-39)8-21-35-34-22-19-32(43-4)23-36(34)38(37(33)35,27-9-15-30(41-2)16-10-27)28-11-17-31(42-3)18-12-28/h5-6,8-19,21-23,39H,24H2,1-4H3. The van der Waals surface area contributed by atoms with Gasteiger partial charge in [0.05, 0.1) is 40.5 Å². The lowest BCUT2D eigenvalue weighted by molar-refractivity contribution is 0.281. The summed E-state index contributed by atoms with van der Waals surface area (Å²) in [6.07, 6.45) is 0. The Morgan fingerprint density at radius 3 is 1.56 bits per heavy atom. The van der Waals surface area contributed by atoms with Crippen molar-refractivity contribution in [2.75, 3.05) is 28.4 Å². The molecule has 0 unspecified atom stereocenters. The van der Waals surface area contributed by atoms with Gasteiger partial charge in [-0.3, -0.25) is 0 Å². The summed E-state index contributed by atoms with van der Waals surface area (Å²) in [7, 11) is 6.66. The maximum absolute atomic E-state index is 10.6. The van der Waals surface area contributed by atoms with Gasteiger partial charge in [-0.05, 0) is 99.6 Å². The molecule has 0 spiro atoms. The minimum Gasteiger partial charge on any atom is -0.497 e. The van der Waals surface area contributed by atoms with Crippen LogP contribution in [0.1, 0.15) is 38.9 Å². The summed E-state index contributed by atoms with van der Waals surface area (Å²) in [6, 6.07) is 34.3. The summed E-state index contributed by atoms with van der Waals surface area (Å²) in [5, 5.41) is 10.6. The Kier molecular flexibility index (Phi) is 7.54. The molecule has 0 atom stereocenters. The molecule has 0 aromatic heterocycles. The first-order chi connectivity index (χ1) is 21.1. The normalized spacial score (nSPS) is 12.4. The van der Waals surface area contributed by atoms with Crippen molar-refractivity contribution >= 4 is 0 Å². The van der Waals surface area contributed by atoms with Crippen LogP contribution in [0.3, 0.4) is 0 Å². The third-order valence-corrected chi connectivity index (χ3v) is 8.23. The molecule has 5 heteroatoms. The molecule has 0 saturated carbocycles. The molecular weight excluding hydrogens is 536 g/mol. The molecule has 5 aromatic carbocycles. The van der Waals surface area contributed by atoms with E-state index in [2.05, 4.69) is 54.3 Å². The van der Waals surface area contributed by atoms with Crippen molar-refractivity contribution in [3.05, 3.63) is 142 Å². The molecule has 1 aliphatic carbocycles. The number of aliphatic hydroxyl groups is 1. The van der Waals surface area contributed by atoms with Crippen molar-refractivity contribution in [1.82, 2.24) is 0 Å². The van der Waals surface area contributed by atoms with Crippen LogP contribution in [0.4, 0.5) is 0 Å². The molecule has 0 radical (unpaired) electrons. The topological polar surface area (TPSA) is 57.2 Å². The van der Waals surface area contributed by atoms with Gasteiger partial charge in [-0.2, -0.15) is 0 Å². The van der Waals surface area contributed by atoms with Crippen LogP contribution >= 0.6 is 0 Å². The number of rotatable bonds is 7. The van der Waals surface area contributed by atoms with Crippen molar-refractivity contribution in [3.63, 3.8) is 0 Å². The SMILES string of the molecule is COc1ccc(C#Cc2c(CO)ccc3c2C(c2ccc(OC)cc2)(c2ccc(OC)cc2)c2cc(OC)ccc2-3)cc1. The van der Waals surface area contributed by atoms with Crippen molar-refractivity contribution in [1.29, 1.82) is 0 Å². The van der Waals surface area contributed by atoms with E-state index in [0.717, 1.165) is 73.1 Å². The van der Waals surface area contributed by atoms with Crippen LogP contribution in [0.2, 0.25) is 0 Å². The molecule has 1 N–H and O–H groups in total. The fourth-order valence-corrected chi connectivity index (χ4v) is 6.12. The Hall–Kier alpha value is -5.18. The second kappa shape index (κ2) is 11.6. The lowest BCUT2D eigenvalue weighted by Gasteiger charge is -2.35. The summed E-state index contributed by atoms with van der Waals surface area (Å²) >= 11 is 0. The van der Waals surface area contributed by atoms with E-state index in [1.807, 2.05) is 60.7 Å². The molecule has 0 heterocycles. The van der Waals surface area contributed by atoms with Gasteiger partial charge in [-0.15, -0.1) is 0 Å². The molecular formula is C38H32O5. The molecule has 0 bridgehead atoms. The minimum absolute atomic E-state index is 0.152. The van der Waals surface area contributed by atoms with Gasteiger partial charge >= 0.3 is 0 Å². The maximum atomic E-state index is 10.6. The number of hydrogen-bond donors (Lipinski definition) is 1. The van der Waals surface area contributed by atoms with E-state index in [0.29, 0.717) is 0 Å². The second-order valence-corrected chi connectivity index (χ2v) is 10.3. The smallest absolute Gasteiger partial charge is 0.119 e. The van der Waals surface area contributed by atoms with Crippen LogP contribution in [-0.2, 0) is 12.0 Å². The van der Waals surface area contributed by atoms with Gasteiger partial charge in [0.1, 0.15) is 23.0 Å². The Bertz CT molecular complexity index is 1780. The van der Waals surface area contributed by atoms with Crippen LogP contribution in [0.5, 0.6) is 23.0 Å². The second-order valence-electron chi connectivity index (χ2n) is 10.3. The number of fused-ring (bicyclic) bond motifs is 3. The lowest BCUT2D eigenvalue weighted by Crippen LogP contribution is -2.30. The monoisotopic (exact) mass is 568 g/mol. The zero-order valence-corrected chi connectivity index (χ0v) is 24.6. The summed E-state index contributed by atoms with van der Waals surface area (Å²) in [6.45, 7) is -0.152. The number of hydrogen-bond acceptors (Lipinski definition) is 5. The fourth-order valence-electron chi connectivity index (χ4n) is 6.12. The van der Waals surface area contributed by atoms with Gasteiger partial charge in [0.15, 0.2) is 0 Å². The summed E-state index contributed by atoms with van der Waals surface area (Å²) in [4.78, 5) is 0. The van der Waals surface area contributed by atoms with Gasteiger partial charge in [-0.25, -0.2) is 0 Å². The highest BCUT2D eigenvalue weighted by molar-refractivity contribution is 5.89. The molecule has 0 fully saturated rings. The largest absolute Gasteiger partial charge is 0.497 e. The van der Waals surface area contributed by atoms with Gasteiger partial charge < -0.3 is 24.1 Å². The number of methoxy groups -OCH3 is 4. The predicted octanol–water partition coefficient (Wildman–Crippen LogP) is 6.98. The first-order valence-corrected chi connectivity index (χ1v) is 14.0. The molecule has 43 heavy (non-hydrogen) atoms. The van der Waals surface area contributed by atoms with E-state index in [9.17, 15) is 5.11 Å². The van der Waals surface area contributed by atoms with Gasteiger partial charge in [0.25, 0.3) is 0 Å². The third-order valence-electron chi connectivity index (χ3n) is 8.23. The number of aliphatic hydroxyl groups excluding tert-OH is 1.